The molecular formula is C19H20F4N2O2. The Labute approximate surface area is 154 Å². The highest BCUT2D eigenvalue weighted by Gasteiger charge is 2.49. The predicted octanol–water partition coefficient (Wildman–Crippen LogP) is 3.52. The molecular weight excluding hydrogens is 364 g/mol. The van der Waals surface area contributed by atoms with Gasteiger partial charge in [0.05, 0.1) is 16.8 Å². The average molecular weight is 384 g/mol. The number of ketones is 1. The van der Waals surface area contributed by atoms with Crippen molar-refractivity contribution < 1.29 is 27.2 Å². The SMILES string of the molecule is CC1(C)C[C@]2(C=C(N)C1=O)CCN(C(=O)c1c(F)cccc1C(F)(F)F)C2. The second-order valence-corrected chi connectivity index (χ2v) is 7.99. The molecule has 1 aliphatic carbocycles. The lowest BCUT2D eigenvalue weighted by Crippen LogP contribution is -2.42. The number of nitrogens with two attached hydrogens (primary N) is 1. The van der Waals surface area contributed by atoms with E-state index in [1.54, 1.807) is 19.9 Å². The van der Waals surface area contributed by atoms with Crippen LogP contribution in [0, 0.1) is 16.6 Å². The summed E-state index contributed by atoms with van der Waals surface area (Å²) in [7, 11) is 0. The summed E-state index contributed by atoms with van der Waals surface area (Å²) in [5, 5.41) is 0. The average Bonchev–Trinajstić information content (AvgIpc) is 2.93. The van der Waals surface area contributed by atoms with Gasteiger partial charge in [-0.2, -0.15) is 13.2 Å². The number of benzene rings is 1. The molecule has 27 heavy (non-hydrogen) atoms. The van der Waals surface area contributed by atoms with E-state index in [2.05, 4.69) is 0 Å². The molecule has 1 aliphatic heterocycles. The van der Waals surface area contributed by atoms with Crippen LogP contribution < -0.4 is 5.73 Å². The summed E-state index contributed by atoms with van der Waals surface area (Å²) >= 11 is 0. The number of hydrogen-bond donors (Lipinski definition) is 1. The Bertz CT molecular complexity index is 845. The first kappa shape index (κ1) is 19.4. The fraction of sp³-hybridized carbons (Fsp3) is 0.474. The number of carbonyl (C=O) groups is 2. The number of amides is 1. The zero-order valence-corrected chi connectivity index (χ0v) is 15.0. The number of carbonyl (C=O) groups excluding carboxylic acids is 2. The molecule has 1 atom stereocenters. The van der Waals surface area contributed by atoms with Gasteiger partial charge in [0.25, 0.3) is 5.91 Å². The van der Waals surface area contributed by atoms with Crippen molar-refractivity contribution in [3.8, 4) is 0 Å². The molecule has 0 unspecified atom stereocenters. The third-order valence-corrected chi connectivity index (χ3v) is 5.34. The summed E-state index contributed by atoms with van der Waals surface area (Å²) in [6.45, 7) is 3.76. The lowest BCUT2D eigenvalue weighted by Gasteiger charge is -2.39. The predicted molar refractivity (Wildman–Crippen MR) is 90.0 cm³/mol. The highest BCUT2D eigenvalue weighted by Crippen LogP contribution is 2.47. The van der Waals surface area contributed by atoms with Crippen LogP contribution in [0.1, 0.15) is 42.6 Å². The molecule has 1 amide bonds. The summed E-state index contributed by atoms with van der Waals surface area (Å²) in [6.07, 6.45) is -2.35. The van der Waals surface area contributed by atoms with Crippen molar-refractivity contribution in [1.29, 1.82) is 0 Å². The number of halogens is 4. The van der Waals surface area contributed by atoms with Gasteiger partial charge in [0, 0.05) is 23.9 Å². The Kier molecular flexibility index (Phi) is 4.36. The van der Waals surface area contributed by atoms with E-state index < -0.39 is 39.9 Å². The molecule has 4 nitrogen and oxygen atoms in total. The third-order valence-electron chi connectivity index (χ3n) is 5.34. The van der Waals surface area contributed by atoms with E-state index in [1.165, 1.54) is 4.90 Å². The van der Waals surface area contributed by atoms with Crippen LogP contribution in [0.2, 0.25) is 0 Å². The molecule has 1 saturated heterocycles. The van der Waals surface area contributed by atoms with Gasteiger partial charge in [0.2, 0.25) is 0 Å². The number of hydrogen-bond acceptors (Lipinski definition) is 3. The normalized spacial score (nSPS) is 25.0. The number of alkyl halides is 3. The molecule has 0 aromatic heterocycles. The Balaban J connectivity index is 1.94. The molecule has 146 valence electrons. The maximum absolute atomic E-state index is 14.1. The summed E-state index contributed by atoms with van der Waals surface area (Å²) < 4.78 is 53.8. The number of Topliss-reactive ketones (excluding diaryl/α,β-unsaturated/α-hetero) is 1. The van der Waals surface area contributed by atoms with Crippen LogP contribution in [-0.4, -0.2) is 29.7 Å². The van der Waals surface area contributed by atoms with E-state index in [-0.39, 0.29) is 24.6 Å². The maximum atomic E-state index is 14.1. The molecule has 1 heterocycles. The van der Waals surface area contributed by atoms with E-state index in [4.69, 9.17) is 5.73 Å². The summed E-state index contributed by atoms with van der Waals surface area (Å²) in [5.74, 6) is -2.39. The van der Waals surface area contributed by atoms with E-state index in [0.717, 1.165) is 12.1 Å². The summed E-state index contributed by atoms with van der Waals surface area (Å²) in [6, 6.07) is 2.47. The molecule has 1 aromatic carbocycles. The van der Waals surface area contributed by atoms with Gasteiger partial charge in [0.15, 0.2) is 5.78 Å². The molecule has 0 saturated carbocycles. The minimum Gasteiger partial charge on any atom is -0.396 e. The van der Waals surface area contributed by atoms with Crippen LogP contribution in [0.3, 0.4) is 0 Å². The van der Waals surface area contributed by atoms with Crippen molar-refractivity contribution in [2.24, 2.45) is 16.6 Å². The molecule has 2 aliphatic rings. The van der Waals surface area contributed by atoms with E-state index in [0.29, 0.717) is 18.9 Å². The highest BCUT2D eigenvalue weighted by atomic mass is 19.4. The minimum atomic E-state index is -4.84. The molecule has 2 N–H and O–H groups in total. The fourth-order valence-corrected chi connectivity index (χ4v) is 4.26. The van der Waals surface area contributed by atoms with Gasteiger partial charge < -0.3 is 10.6 Å². The van der Waals surface area contributed by atoms with E-state index in [9.17, 15) is 27.2 Å². The second kappa shape index (κ2) is 6.07. The van der Waals surface area contributed by atoms with Crippen molar-refractivity contribution in [2.75, 3.05) is 13.1 Å². The molecule has 3 rings (SSSR count). The standard InChI is InChI=1S/C19H20F4N2O2/c1-17(2)9-18(8-13(24)15(17)26)6-7-25(10-18)16(27)14-11(19(21,22)23)4-3-5-12(14)20/h3-5,8H,6-7,9-10,24H2,1-2H3/t18-/m1/s1. The van der Waals surface area contributed by atoms with Gasteiger partial charge in [-0.25, -0.2) is 4.39 Å². The van der Waals surface area contributed by atoms with Crippen molar-refractivity contribution in [1.82, 2.24) is 4.90 Å². The monoisotopic (exact) mass is 384 g/mol. The molecule has 8 heteroatoms. The van der Waals surface area contributed by atoms with Gasteiger partial charge in [-0.3, -0.25) is 9.59 Å². The van der Waals surface area contributed by atoms with Crippen LogP contribution in [0.15, 0.2) is 30.0 Å². The largest absolute Gasteiger partial charge is 0.417 e. The highest BCUT2D eigenvalue weighted by molar-refractivity contribution is 6.00. The minimum absolute atomic E-state index is 0.0921. The first-order valence-electron chi connectivity index (χ1n) is 8.54. The zero-order valence-electron chi connectivity index (χ0n) is 15.0. The Morgan fingerprint density at radius 2 is 1.93 bits per heavy atom. The summed E-state index contributed by atoms with van der Waals surface area (Å²) in [5.41, 5.74) is 2.36. The lowest BCUT2D eigenvalue weighted by molar-refractivity contribution is -0.138. The first-order valence-corrected chi connectivity index (χ1v) is 8.54. The Morgan fingerprint density at radius 3 is 2.52 bits per heavy atom. The van der Waals surface area contributed by atoms with Gasteiger partial charge >= 0.3 is 6.18 Å². The van der Waals surface area contributed by atoms with Crippen LogP contribution in [-0.2, 0) is 11.0 Å². The first-order chi connectivity index (χ1) is 12.4. The fourth-order valence-electron chi connectivity index (χ4n) is 4.26. The zero-order chi connectivity index (χ0) is 20.2. The van der Waals surface area contributed by atoms with Crippen molar-refractivity contribution in [3.05, 3.63) is 46.9 Å². The Hall–Kier alpha value is -2.38. The topological polar surface area (TPSA) is 63.4 Å². The maximum Gasteiger partial charge on any atom is 0.417 e. The Morgan fingerprint density at radius 1 is 1.26 bits per heavy atom. The smallest absolute Gasteiger partial charge is 0.396 e. The molecule has 1 aromatic rings. The molecule has 1 fully saturated rings. The van der Waals surface area contributed by atoms with Crippen LogP contribution in [0.5, 0.6) is 0 Å². The number of rotatable bonds is 1. The van der Waals surface area contributed by atoms with E-state index in [1.807, 2.05) is 0 Å². The van der Waals surface area contributed by atoms with Crippen LogP contribution in [0.4, 0.5) is 17.6 Å². The third kappa shape index (κ3) is 3.33. The molecule has 0 radical (unpaired) electrons. The van der Waals surface area contributed by atoms with Gasteiger partial charge in [-0.05, 0) is 31.1 Å². The number of allylic oxidation sites excluding steroid dienone is 1. The van der Waals surface area contributed by atoms with Crippen LogP contribution in [0.25, 0.3) is 0 Å². The van der Waals surface area contributed by atoms with Crippen molar-refractivity contribution >= 4 is 11.7 Å². The van der Waals surface area contributed by atoms with Gasteiger partial charge in [-0.15, -0.1) is 0 Å². The quantitative estimate of drug-likeness (QED) is 0.754. The van der Waals surface area contributed by atoms with Crippen molar-refractivity contribution in [3.63, 3.8) is 0 Å². The lowest BCUT2D eigenvalue weighted by atomic mass is 9.65. The number of likely N-dealkylation sites (tertiary alicyclic amines) is 1. The van der Waals surface area contributed by atoms with Crippen LogP contribution >= 0.6 is 0 Å². The molecule has 0 bridgehead atoms. The van der Waals surface area contributed by atoms with E-state index >= 15 is 0 Å². The second-order valence-electron chi connectivity index (χ2n) is 7.99. The molecule has 1 spiro atoms. The van der Waals surface area contributed by atoms with Crippen molar-refractivity contribution in [2.45, 2.75) is 32.9 Å². The summed E-state index contributed by atoms with van der Waals surface area (Å²) in [4.78, 5) is 26.1. The van der Waals surface area contributed by atoms with Gasteiger partial charge in [0.1, 0.15) is 5.82 Å². The van der Waals surface area contributed by atoms with Gasteiger partial charge in [-0.1, -0.05) is 19.9 Å². The number of nitrogens with zero attached hydrogens (tertiary/aromatic N) is 1.